The predicted molar refractivity (Wildman–Crippen MR) is 93.9 cm³/mol. The first-order valence-electron chi connectivity index (χ1n) is 6.88. The van der Waals surface area contributed by atoms with Crippen molar-refractivity contribution in [2.75, 3.05) is 18.6 Å². The molecule has 2 aromatic heterocycles. The minimum atomic E-state index is 0. The van der Waals surface area contributed by atoms with Crippen LogP contribution in [0.2, 0.25) is 0 Å². The molecule has 0 spiro atoms. The number of methoxy groups -OCH3 is 1. The summed E-state index contributed by atoms with van der Waals surface area (Å²) >= 11 is 0. The highest BCUT2D eigenvalue weighted by molar-refractivity contribution is 5.90. The molecule has 23 heavy (non-hydrogen) atoms. The number of anilines is 2. The van der Waals surface area contributed by atoms with Gasteiger partial charge in [0.15, 0.2) is 5.65 Å². The van der Waals surface area contributed by atoms with Crippen molar-refractivity contribution >= 4 is 35.2 Å². The van der Waals surface area contributed by atoms with Crippen LogP contribution in [-0.4, -0.2) is 22.1 Å². The largest absolute Gasteiger partial charge is 0.497 e. The Kier molecular flexibility index (Phi) is 4.86. The average molecular weight is 332 g/mol. The zero-order chi connectivity index (χ0) is 15.7. The van der Waals surface area contributed by atoms with Crippen LogP contribution in [-0.2, 0) is 6.42 Å². The molecule has 0 saturated heterocycles. The maximum absolute atomic E-state index is 5.97. The van der Waals surface area contributed by atoms with Crippen LogP contribution < -0.4 is 16.2 Å². The van der Waals surface area contributed by atoms with E-state index < -0.39 is 0 Å². The monoisotopic (exact) mass is 331 g/mol. The fourth-order valence-corrected chi connectivity index (χ4v) is 2.47. The lowest BCUT2D eigenvalue weighted by atomic mass is 10.0. The van der Waals surface area contributed by atoms with Crippen molar-refractivity contribution < 1.29 is 4.74 Å². The molecule has 7 heteroatoms. The van der Waals surface area contributed by atoms with Crippen LogP contribution in [0.15, 0.2) is 30.5 Å². The van der Waals surface area contributed by atoms with Gasteiger partial charge < -0.3 is 16.2 Å². The quantitative estimate of drug-likeness (QED) is 0.765. The summed E-state index contributed by atoms with van der Waals surface area (Å²) in [6, 6.07) is 7.95. The van der Waals surface area contributed by atoms with Gasteiger partial charge in [-0.3, -0.25) is 0 Å². The fraction of sp³-hybridized carbons (Fsp3) is 0.188. The number of nitrogens with zero attached hydrogens (tertiary/aromatic N) is 3. The summed E-state index contributed by atoms with van der Waals surface area (Å²) in [7, 11) is 1.65. The second-order valence-corrected chi connectivity index (χ2v) is 5.10. The molecule has 0 fully saturated rings. The number of nitrogen functional groups attached to an aromatic ring is 2. The fourth-order valence-electron chi connectivity index (χ4n) is 2.47. The Hall–Kier alpha value is -2.60. The molecular formula is C16H18ClN5O. The Morgan fingerprint density at radius 3 is 2.43 bits per heavy atom. The second kappa shape index (κ2) is 6.66. The Morgan fingerprint density at radius 1 is 1.09 bits per heavy atom. The van der Waals surface area contributed by atoms with E-state index in [1.54, 1.807) is 7.11 Å². The topological polar surface area (TPSA) is 99.9 Å². The normalized spacial score (nSPS) is 10.3. The molecule has 0 amide bonds. The Labute approximate surface area is 140 Å². The molecule has 0 unspecified atom stereocenters. The minimum Gasteiger partial charge on any atom is -0.497 e. The van der Waals surface area contributed by atoms with Gasteiger partial charge in [-0.05, 0) is 42.2 Å². The number of hydrogen-bond acceptors (Lipinski definition) is 6. The Morgan fingerprint density at radius 2 is 1.78 bits per heavy atom. The highest BCUT2D eigenvalue weighted by Gasteiger charge is 2.11. The van der Waals surface area contributed by atoms with Gasteiger partial charge in [-0.2, -0.15) is 9.97 Å². The van der Waals surface area contributed by atoms with Gasteiger partial charge in [-0.1, -0.05) is 12.1 Å². The van der Waals surface area contributed by atoms with Crippen molar-refractivity contribution in [2.24, 2.45) is 0 Å². The van der Waals surface area contributed by atoms with E-state index in [0.717, 1.165) is 28.7 Å². The SMILES string of the molecule is COc1ccc(Cc2cnc3nc(N)nc(N)c3c2C)cc1.Cl. The minimum absolute atomic E-state index is 0. The molecule has 4 N–H and O–H groups in total. The zero-order valence-electron chi connectivity index (χ0n) is 12.9. The molecule has 120 valence electrons. The van der Waals surface area contributed by atoms with Gasteiger partial charge in [0, 0.05) is 6.20 Å². The molecule has 0 radical (unpaired) electrons. The first kappa shape index (κ1) is 16.8. The van der Waals surface area contributed by atoms with Crippen LogP contribution in [0.1, 0.15) is 16.7 Å². The Balaban J connectivity index is 0.00000192. The smallest absolute Gasteiger partial charge is 0.224 e. The van der Waals surface area contributed by atoms with Gasteiger partial charge in [0.05, 0.1) is 12.5 Å². The van der Waals surface area contributed by atoms with E-state index in [1.165, 1.54) is 5.56 Å². The highest BCUT2D eigenvalue weighted by atomic mass is 35.5. The van der Waals surface area contributed by atoms with E-state index in [0.29, 0.717) is 11.5 Å². The second-order valence-electron chi connectivity index (χ2n) is 5.10. The number of nitrogens with two attached hydrogens (primary N) is 2. The molecule has 0 saturated carbocycles. The van der Waals surface area contributed by atoms with Crippen molar-refractivity contribution in [3.8, 4) is 5.75 Å². The third-order valence-corrected chi connectivity index (χ3v) is 3.69. The first-order valence-corrected chi connectivity index (χ1v) is 6.88. The molecule has 3 rings (SSSR count). The van der Waals surface area contributed by atoms with Crippen molar-refractivity contribution in [3.63, 3.8) is 0 Å². The van der Waals surface area contributed by atoms with Gasteiger partial charge in [-0.25, -0.2) is 4.98 Å². The lowest BCUT2D eigenvalue weighted by molar-refractivity contribution is 0.414. The third kappa shape index (κ3) is 3.27. The number of halogens is 1. The molecule has 0 atom stereocenters. The van der Waals surface area contributed by atoms with E-state index in [2.05, 4.69) is 15.0 Å². The van der Waals surface area contributed by atoms with Crippen molar-refractivity contribution in [3.05, 3.63) is 47.2 Å². The number of aromatic nitrogens is 3. The molecule has 0 aliphatic carbocycles. The summed E-state index contributed by atoms with van der Waals surface area (Å²) in [6.45, 7) is 2.00. The molecular weight excluding hydrogens is 314 g/mol. The average Bonchev–Trinajstić information content (AvgIpc) is 2.50. The van der Waals surface area contributed by atoms with E-state index in [4.69, 9.17) is 16.2 Å². The standard InChI is InChI=1S/C16H17N5O.ClH/c1-9-11(7-10-3-5-12(22-2)6-4-10)8-19-15-13(9)14(17)20-16(18)21-15;/h3-6,8H,7H2,1-2H3,(H4,17,18,19,20,21);1H. The van der Waals surface area contributed by atoms with Crippen LogP contribution in [0.5, 0.6) is 5.75 Å². The number of aryl methyl sites for hydroxylation is 1. The summed E-state index contributed by atoms with van der Waals surface area (Å²) < 4.78 is 5.17. The van der Waals surface area contributed by atoms with Gasteiger partial charge in [0.2, 0.25) is 5.95 Å². The maximum atomic E-state index is 5.97. The summed E-state index contributed by atoms with van der Waals surface area (Å²) in [5.41, 5.74) is 15.4. The van der Waals surface area contributed by atoms with Crippen LogP contribution in [0.4, 0.5) is 11.8 Å². The molecule has 1 aromatic carbocycles. The summed E-state index contributed by atoms with van der Waals surface area (Å²) in [5.74, 6) is 1.34. The highest BCUT2D eigenvalue weighted by Crippen LogP contribution is 2.25. The predicted octanol–water partition coefficient (Wildman–Crippen LogP) is 2.52. The van der Waals surface area contributed by atoms with Gasteiger partial charge in [0.25, 0.3) is 0 Å². The van der Waals surface area contributed by atoms with Gasteiger partial charge in [0.1, 0.15) is 11.6 Å². The molecule has 6 nitrogen and oxygen atoms in total. The number of ether oxygens (including phenoxy) is 1. The Bertz CT molecular complexity index is 836. The van der Waals surface area contributed by atoms with E-state index >= 15 is 0 Å². The number of benzene rings is 1. The van der Waals surface area contributed by atoms with Crippen molar-refractivity contribution in [1.82, 2.24) is 15.0 Å². The van der Waals surface area contributed by atoms with E-state index in [-0.39, 0.29) is 18.4 Å². The van der Waals surface area contributed by atoms with Crippen molar-refractivity contribution in [1.29, 1.82) is 0 Å². The van der Waals surface area contributed by atoms with E-state index in [1.807, 2.05) is 37.4 Å². The van der Waals surface area contributed by atoms with Crippen molar-refractivity contribution in [2.45, 2.75) is 13.3 Å². The maximum Gasteiger partial charge on any atom is 0.224 e. The lowest BCUT2D eigenvalue weighted by Crippen LogP contribution is -2.04. The summed E-state index contributed by atoms with van der Waals surface area (Å²) in [5, 5.41) is 0.764. The summed E-state index contributed by atoms with van der Waals surface area (Å²) in [4.78, 5) is 12.5. The number of rotatable bonds is 3. The van der Waals surface area contributed by atoms with Gasteiger partial charge >= 0.3 is 0 Å². The lowest BCUT2D eigenvalue weighted by Gasteiger charge is -2.10. The molecule has 3 aromatic rings. The van der Waals surface area contributed by atoms with Crippen LogP contribution in [0.25, 0.3) is 11.0 Å². The molecule has 0 aliphatic rings. The van der Waals surface area contributed by atoms with Crippen LogP contribution in [0.3, 0.4) is 0 Å². The van der Waals surface area contributed by atoms with Crippen LogP contribution in [0, 0.1) is 6.92 Å². The summed E-state index contributed by atoms with van der Waals surface area (Å²) in [6.07, 6.45) is 2.57. The number of hydrogen-bond donors (Lipinski definition) is 2. The van der Waals surface area contributed by atoms with E-state index in [9.17, 15) is 0 Å². The number of fused-ring (bicyclic) bond motifs is 1. The first-order chi connectivity index (χ1) is 10.6. The molecule has 0 aliphatic heterocycles. The van der Waals surface area contributed by atoms with Crippen LogP contribution >= 0.6 is 12.4 Å². The third-order valence-electron chi connectivity index (χ3n) is 3.69. The van der Waals surface area contributed by atoms with Gasteiger partial charge in [-0.15, -0.1) is 12.4 Å². The molecule has 0 bridgehead atoms. The number of pyridine rings is 1. The molecule has 2 heterocycles. The zero-order valence-corrected chi connectivity index (χ0v) is 13.7.